The van der Waals surface area contributed by atoms with E-state index < -0.39 is 7.12 Å². The second-order valence-electron chi connectivity index (χ2n) is 5.39. The fourth-order valence-corrected chi connectivity index (χ4v) is 2.75. The molecule has 0 unspecified atom stereocenters. The molecule has 22 heavy (non-hydrogen) atoms. The van der Waals surface area contributed by atoms with Gasteiger partial charge in [0.1, 0.15) is 5.82 Å². The molecule has 3 aromatic rings. The Hall–Kier alpha value is -2.11. The number of fused-ring (bicyclic) bond motifs is 1. The monoisotopic (exact) mass is 294 g/mol. The van der Waals surface area contributed by atoms with Crippen LogP contribution >= 0.6 is 0 Å². The van der Waals surface area contributed by atoms with Crippen molar-refractivity contribution >= 4 is 23.6 Å². The summed E-state index contributed by atoms with van der Waals surface area (Å²) < 4.78 is 2.17. The Morgan fingerprint density at radius 1 is 1.05 bits per heavy atom. The molecule has 0 fully saturated rings. The third-order valence-corrected chi connectivity index (χ3v) is 3.87. The highest BCUT2D eigenvalue weighted by molar-refractivity contribution is 6.60. The highest BCUT2D eigenvalue weighted by Crippen LogP contribution is 2.24. The zero-order valence-electron chi connectivity index (χ0n) is 12.6. The summed E-state index contributed by atoms with van der Waals surface area (Å²) in [5.74, 6) is 0.790. The fraction of sp³-hybridized carbons (Fsp3) is 0.235. The SMILES string of the molecule is CCCCn1c(-c2ccccc2B(O)O)nc2ccccc21. The molecule has 0 aliphatic carbocycles. The Kier molecular flexibility index (Phi) is 4.27. The molecule has 3 rings (SSSR count). The number of unbranched alkanes of at least 4 members (excludes halogenated alkanes) is 1. The van der Waals surface area contributed by atoms with Gasteiger partial charge >= 0.3 is 7.12 Å². The van der Waals surface area contributed by atoms with E-state index in [1.807, 2.05) is 30.3 Å². The molecule has 0 aliphatic rings. The van der Waals surface area contributed by atoms with Crippen molar-refractivity contribution in [1.29, 1.82) is 0 Å². The normalized spacial score (nSPS) is 11.0. The van der Waals surface area contributed by atoms with Crippen molar-refractivity contribution in [3.05, 3.63) is 48.5 Å². The molecule has 0 saturated heterocycles. The van der Waals surface area contributed by atoms with Gasteiger partial charge in [0.15, 0.2) is 0 Å². The van der Waals surface area contributed by atoms with E-state index in [2.05, 4.69) is 17.6 Å². The Morgan fingerprint density at radius 2 is 1.77 bits per heavy atom. The van der Waals surface area contributed by atoms with Crippen molar-refractivity contribution in [2.45, 2.75) is 26.3 Å². The molecule has 112 valence electrons. The third-order valence-electron chi connectivity index (χ3n) is 3.87. The first-order valence-corrected chi connectivity index (χ1v) is 7.63. The number of hydrogen-bond donors (Lipinski definition) is 2. The minimum absolute atomic E-state index is 0.482. The van der Waals surface area contributed by atoms with Gasteiger partial charge < -0.3 is 14.6 Å². The van der Waals surface area contributed by atoms with Crippen LogP contribution in [0.3, 0.4) is 0 Å². The molecular weight excluding hydrogens is 275 g/mol. The maximum absolute atomic E-state index is 9.63. The van der Waals surface area contributed by atoms with Crippen LogP contribution in [0.4, 0.5) is 0 Å². The van der Waals surface area contributed by atoms with Gasteiger partial charge in [-0.15, -0.1) is 0 Å². The van der Waals surface area contributed by atoms with E-state index in [9.17, 15) is 10.0 Å². The van der Waals surface area contributed by atoms with Crippen LogP contribution < -0.4 is 5.46 Å². The molecule has 4 nitrogen and oxygen atoms in total. The van der Waals surface area contributed by atoms with Crippen molar-refractivity contribution in [3.63, 3.8) is 0 Å². The highest BCUT2D eigenvalue weighted by atomic mass is 16.4. The van der Waals surface area contributed by atoms with Gasteiger partial charge in [0.2, 0.25) is 0 Å². The lowest BCUT2D eigenvalue weighted by Gasteiger charge is -2.12. The van der Waals surface area contributed by atoms with E-state index in [0.717, 1.165) is 41.8 Å². The molecule has 0 saturated carbocycles. The number of benzene rings is 2. The number of aromatic nitrogens is 2. The van der Waals surface area contributed by atoms with Gasteiger partial charge in [-0.05, 0) is 24.0 Å². The topological polar surface area (TPSA) is 58.3 Å². The minimum Gasteiger partial charge on any atom is -0.423 e. The van der Waals surface area contributed by atoms with E-state index in [1.165, 1.54) is 0 Å². The van der Waals surface area contributed by atoms with Crippen LogP contribution in [-0.2, 0) is 6.54 Å². The predicted octanol–water partition coefficient (Wildman–Crippen LogP) is 2.18. The lowest BCUT2D eigenvalue weighted by molar-refractivity contribution is 0.426. The standard InChI is InChI=1S/C17H19BN2O2/c1-2-3-12-20-16-11-7-6-10-15(16)19-17(20)13-8-4-5-9-14(13)18(21)22/h4-11,21-22H,2-3,12H2,1H3. The van der Waals surface area contributed by atoms with Crippen LogP contribution in [0.15, 0.2) is 48.5 Å². The number of imidazole rings is 1. The summed E-state index contributed by atoms with van der Waals surface area (Å²) in [6, 6.07) is 15.3. The largest absolute Gasteiger partial charge is 0.489 e. The van der Waals surface area contributed by atoms with Crippen molar-refractivity contribution in [3.8, 4) is 11.4 Å². The third kappa shape index (κ3) is 2.65. The van der Waals surface area contributed by atoms with E-state index in [0.29, 0.717) is 5.46 Å². The molecule has 0 amide bonds. The van der Waals surface area contributed by atoms with Crippen molar-refractivity contribution < 1.29 is 10.0 Å². The summed E-state index contributed by atoms with van der Waals surface area (Å²) in [7, 11) is -1.50. The number of aryl methyl sites for hydroxylation is 1. The van der Waals surface area contributed by atoms with Crippen LogP contribution in [0.5, 0.6) is 0 Å². The molecule has 0 spiro atoms. The summed E-state index contributed by atoms with van der Waals surface area (Å²) in [6.45, 7) is 3.02. The summed E-state index contributed by atoms with van der Waals surface area (Å²) in [5.41, 5.74) is 3.25. The second kappa shape index (κ2) is 6.34. The minimum atomic E-state index is -1.50. The number of rotatable bonds is 5. The van der Waals surface area contributed by atoms with Gasteiger partial charge in [0.25, 0.3) is 0 Å². The molecule has 0 radical (unpaired) electrons. The summed E-state index contributed by atoms with van der Waals surface area (Å²) in [4.78, 5) is 4.72. The second-order valence-corrected chi connectivity index (χ2v) is 5.39. The fourth-order valence-electron chi connectivity index (χ4n) is 2.75. The molecule has 0 atom stereocenters. The Bertz CT molecular complexity index is 783. The van der Waals surface area contributed by atoms with E-state index in [-0.39, 0.29) is 0 Å². The predicted molar refractivity (Wildman–Crippen MR) is 89.9 cm³/mol. The first kappa shape index (κ1) is 14.8. The van der Waals surface area contributed by atoms with Crippen LogP contribution in [-0.4, -0.2) is 26.7 Å². The molecule has 0 aliphatic heterocycles. The maximum atomic E-state index is 9.63. The van der Waals surface area contributed by atoms with Gasteiger partial charge in [-0.2, -0.15) is 0 Å². The average molecular weight is 294 g/mol. The number of nitrogens with zero attached hydrogens (tertiary/aromatic N) is 2. The van der Waals surface area contributed by atoms with Gasteiger partial charge in [-0.1, -0.05) is 49.7 Å². The lowest BCUT2D eigenvalue weighted by atomic mass is 9.77. The van der Waals surface area contributed by atoms with Gasteiger partial charge in [-0.3, -0.25) is 0 Å². The summed E-state index contributed by atoms with van der Waals surface area (Å²) in [5, 5.41) is 19.3. The molecule has 1 aromatic heterocycles. The van der Waals surface area contributed by atoms with Crippen molar-refractivity contribution in [1.82, 2.24) is 9.55 Å². The maximum Gasteiger partial charge on any atom is 0.489 e. The zero-order chi connectivity index (χ0) is 15.5. The quantitative estimate of drug-likeness (QED) is 0.709. The zero-order valence-corrected chi connectivity index (χ0v) is 12.6. The lowest BCUT2D eigenvalue weighted by Crippen LogP contribution is -2.32. The molecule has 2 aromatic carbocycles. The Labute approximate surface area is 130 Å². The van der Waals surface area contributed by atoms with Crippen molar-refractivity contribution in [2.24, 2.45) is 0 Å². The summed E-state index contributed by atoms with van der Waals surface area (Å²) in [6.07, 6.45) is 2.15. The van der Waals surface area contributed by atoms with Crippen LogP contribution in [0.2, 0.25) is 0 Å². The summed E-state index contributed by atoms with van der Waals surface area (Å²) >= 11 is 0. The smallest absolute Gasteiger partial charge is 0.423 e. The molecule has 5 heteroatoms. The van der Waals surface area contributed by atoms with Gasteiger partial charge in [0, 0.05) is 12.1 Å². The first-order valence-electron chi connectivity index (χ1n) is 7.63. The van der Waals surface area contributed by atoms with E-state index in [4.69, 9.17) is 4.98 Å². The van der Waals surface area contributed by atoms with Crippen LogP contribution in [0.1, 0.15) is 19.8 Å². The van der Waals surface area contributed by atoms with E-state index >= 15 is 0 Å². The molecule has 2 N–H and O–H groups in total. The molecule has 1 heterocycles. The van der Waals surface area contributed by atoms with Crippen LogP contribution in [0.25, 0.3) is 22.4 Å². The Balaban J connectivity index is 2.22. The number of hydrogen-bond acceptors (Lipinski definition) is 3. The molecular formula is C17H19BN2O2. The number of para-hydroxylation sites is 2. The first-order chi connectivity index (χ1) is 10.7. The molecule has 0 bridgehead atoms. The van der Waals surface area contributed by atoms with Gasteiger partial charge in [0.05, 0.1) is 11.0 Å². The van der Waals surface area contributed by atoms with Crippen LogP contribution in [0, 0.1) is 0 Å². The van der Waals surface area contributed by atoms with E-state index in [1.54, 1.807) is 12.1 Å². The van der Waals surface area contributed by atoms with Gasteiger partial charge in [-0.25, -0.2) is 4.98 Å². The average Bonchev–Trinajstić information content (AvgIpc) is 2.91. The Morgan fingerprint density at radius 3 is 2.55 bits per heavy atom. The highest BCUT2D eigenvalue weighted by Gasteiger charge is 2.20. The van der Waals surface area contributed by atoms with Crippen molar-refractivity contribution in [2.75, 3.05) is 0 Å².